The van der Waals surface area contributed by atoms with Gasteiger partial charge in [0.15, 0.2) is 0 Å². The molecule has 6 heteroatoms. The van der Waals surface area contributed by atoms with E-state index in [2.05, 4.69) is 48.0 Å². The topological polar surface area (TPSA) is 65.4 Å². The quantitative estimate of drug-likeness (QED) is 0.294. The van der Waals surface area contributed by atoms with Gasteiger partial charge in [-0.05, 0) is 80.3 Å². The number of imidazole rings is 1. The van der Waals surface area contributed by atoms with E-state index in [1.807, 2.05) is 18.2 Å². The van der Waals surface area contributed by atoms with Crippen LogP contribution >= 0.6 is 0 Å². The van der Waals surface area contributed by atoms with Gasteiger partial charge in [0.1, 0.15) is 17.3 Å². The molecule has 3 aromatic carbocycles. The van der Waals surface area contributed by atoms with E-state index in [-0.39, 0.29) is 5.91 Å². The van der Waals surface area contributed by atoms with Gasteiger partial charge in [0, 0.05) is 25.1 Å². The van der Waals surface area contributed by atoms with Crippen molar-refractivity contribution in [3.05, 3.63) is 89.2 Å². The van der Waals surface area contributed by atoms with Gasteiger partial charge in [0.2, 0.25) is 0 Å². The Bertz CT molecular complexity index is 1280. The first-order valence-corrected chi connectivity index (χ1v) is 12.1. The molecule has 0 saturated heterocycles. The highest BCUT2D eigenvalue weighted by atomic mass is 16.5. The van der Waals surface area contributed by atoms with Crippen molar-refractivity contribution in [3.8, 4) is 11.5 Å². The summed E-state index contributed by atoms with van der Waals surface area (Å²) in [5, 5.41) is 3.01. The number of hydrogen-bond donors (Lipinski definition) is 1. The van der Waals surface area contributed by atoms with Gasteiger partial charge < -0.3 is 19.4 Å². The van der Waals surface area contributed by atoms with Gasteiger partial charge in [-0.2, -0.15) is 0 Å². The Balaban J connectivity index is 1.33. The molecule has 0 unspecified atom stereocenters. The number of benzene rings is 3. The average molecular weight is 472 g/mol. The standard InChI is InChI=1S/C29H33N3O3/c1-21-10-11-22(2)27(20-21)35-19-7-6-18-32-26-9-5-4-8-25(26)31-28(32)16-17-30-29(33)23-12-14-24(34-3)15-13-23/h4-5,8-15,20H,6-7,16-19H2,1-3H3,(H,30,33). The lowest BCUT2D eigenvalue weighted by Gasteiger charge is -2.12. The number of aryl methyl sites for hydroxylation is 3. The van der Waals surface area contributed by atoms with Crippen LogP contribution in [-0.2, 0) is 13.0 Å². The molecule has 0 spiro atoms. The van der Waals surface area contributed by atoms with E-state index < -0.39 is 0 Å². The number of methoxy groups -OCH3 is 1. The van der Waals surface area contributed by atoms with Crippen LogP contribution < -0.4 is 14.8 Å². The van der Waals surface area contributed by atoms with Gasteiger partial charge in [0.05, 0.1) is 24.8 Å². The molecular formula is C29H33N3O3. The minimum atomic E-state index is -0.0982. The third kappa shape index (κ3) is 6.21. The molecule has 0 bridgehead atoms. The highest BCUT2D eigenvalue weighted by Crippen LogP contribution is 2.20. The van der Waals surface area contributed by atoms with Crippen molar-refractivity contribution in [2.45, 2.75) is 39.7 Å². The fourth-order valence-corrected chi connectivity index (χ4v) is 4.11. The van der Waals surface area contributed by atoms with Crippen molar-refractivity contribution < 1.29 is 14.3 Å². The SMILES string of the molecule is COc1ccc(C(=O)NCCc2nc3ccccc3n2CCCCOc2cc(C)ccc2C)cc1. The number of ether oxygens (including phenoxy) is 2. The summed E-state index contributed by atoms with van der Waals surface area (Å²) in [5.74, 6) is 2.58. The first-order valence-electron chi connectivity index (χ1n) is 12.1. The summed E-state index contributed by atoms with van der Waals surface area (Å²) in [5.41, 5.74) is 5.09. The van der Waals surface area contributed by atoms with E-state index in [0.29, 0.717) is 25.1 Å². The van der Waals surface area contributed by atoms with Crippen LogP contribution in [0.1, 0.15) is 40.2 Å². The zero-order valence-electron chi connectivity index (χ0n) is 20.7. The van der Waals surface area contributed by atoms with E-state index in [1.165, 1.54) is 5.56 Å². The Labute approximate surface area is 206 Å². The summed E-state index contributed by atoms with van der Waals surface area (Å²) in [6.07, 6.45) is 2.60. The maximum Gasteiger partial charge on any atom is 0.251 e. The number of unbranched alkanes of at least 4 members (excludes halogenated alkanes) is 1. The average Bonchev–Trinajstić information content (AvgIpc) is 3.23. The molecule has 0 fully saturated rings. The Morgan fingerprint density at radius 3 is 2.60 bits per heavy atom. The van der Waals surface area contributed by atoms with Crippen LogP contribution in [0, 0.1) is 13.8 Å². The lowest BCUT2D eigenvalue weighted by molar-refractivity contribution is 0.0954. The fourth-order valence-electron chi connectivity index (χ4n) is 4.11. The number of hydrogen-bond acceptors (Lipinski definition) is 4. The van der Waals surface area contributed by atoms with Crippen molar-refractivity contribution in [3.63, 3.8) is 0 Å². The summed E-state index contributed by atoms with van der Waals surface area (Å²) in [6.45, 7) is 6.22. The third-order valence-electron chi connectivity index (χ3n) is 6.10. The minimum absolute atomic E-state index is 0.0982. The van der Waals surface area contributed by atoms with Gasteiger partial charge in [-0.25, -0.2) is 4.98 Å². The Kier molecular flexibility index (Phi) is 8.03. The van der Waals surface area contributed by atoms with E-state index in [4.69, 9.17) is 14.5 Å². The van der Waals surface area contributed by atoms with Crippen LogP contribution in [0.5, 0.6) is 11.5 Å². The van der Waals surface area contributed by atoms with Crippen molar-refractivity contribution in [1.82, 2.24) is 14.9 Å². The summed E-state index contributed by atoms with van der Waals surface area (Å²) in [4.78, 5) is 17.3. The second-order valence-corrected chi connectivity index (χ2v) is 8.73. The monoisotopic (exact) mass is 471 g/mol. The van der Waals surface area contributed by atoms with Gasteiger partial charge in [-0.15, -0.1) is 0 Å². The molecule has 0 aliphatic carbocycles. The molecule has 35 heavy (non-hydrogen) atoms. The van der Waals surface area contributed by atoms with Crippen LogP contribution in [0.2, 0.25) is 0 Å². The van der Waals surface area contributed by atoms with Gasteiger partial charge in [-0.1, -0.05) is 24.3 Å². The molecule has 1 aromatic heterocycles. The fraction of sp³-hybridized carbons (Fsp3) is 0.310. The molecule has 0 saturated carbocycles. The molecule has 0 atom stereocenters. The number of amides is 1. The normalized spacial score (nSPS) is 10.9. The lowest BCUT2D eigenvalue weighted by atomic mass is 10.1. The smallest absolute Gasteiger partial charge is 0.251 e. The minimum Gasteiger partial charge on any atom is -0.497 e. The maximum absolute atomic E-state index is 12.5. The van der Waals surface area contributed by atoms with Gasteiger partial charge in [-0.3, -0.25) is 4.79 Å². The highest BCUT2D eigenvalue weighted by Gasteiger charge is 2.12. The van der Waals surface area contributed by atoms with Crippen LogP contribution in [0.3, 0.4) is 0 Å². The van der Waals surface area contributed by atoms with Crippen LogP contribution in [0.25, 0.3) is 11.0 Å². The van der Waals surface area contributed by atoms with E-state index in [1.54, 1.807) is 31.4 Å². The van der Waals surface area contributed by atoms with E-state index in [9.17, 15) is 4.79 Å². The molecule has 4 rings (SSSR count). The second kappa shape index (κ2) is 11.6. The number of fused-ring (bicyclic) bond motifs is 1. The van der Waals surface area contributed by atoms with Crippen molar-refractivity contribution in [2.75, 3.05) is 20.3 Å². The van der Waals surface area contributed by atoms with Crippen molar-refractivity contribution in [1.29, 1.82) is 0 Å². The molecule has 182 valence electrons. The third-order valence-corrected chi connectivity index (χ3v) is 6.10. The predicted molar refractivity (Wildman–Crippen MR) is 139 cm³/mol. The number of carbonyl (C=O) groups is 1. The van der Waals surface area contributed by atoms with Gasteiger partial charge in [0.25, 0.3) is 5.91 Å². The first kappa shape index (κ1) is 24.3. The van der Waals surface area contributed by atoms with Crippen molar-refractivity contribution in [2.24, 2.45) is 0 Å². The molecule has 0 aliphatic heterocycles. The number of para-hydroxylation sites is 2. The molecule has 1 heterocycles. The molecule has 4 aromatic rings. The number of aromatic nitrogens is 2. The largest absolute Gasteiger partial charge is 0.497 e. The Morgan fingerprint density at radius 2 is 1.80 bits per heavy atom. The zero-order valence-corrected chi connectivity index (χ0v) is 20.7. The maximum atomic E-state index is 12.5. The summed E-state index contributed by atoms with van der Waals surface area (Å²) in [7, 11) is 1.61. The van der Waals surface area contributed by atoms with Crippen LogP contribution in [-0.4, -0.2) is 35.7 Å². The summed E-state index contributed by atoms with van der Waals surface area (Å²) < 4.78 is 13.5. The molecule has 1 N–H and O–H groups in total. The van der Waals surface area contributed by atoms with E-state index in [0.717, 1.165) is 53.3 Å². The van der Waals surface area contributed by atoms with Crippen LogP contribution in [0.4, 0.5) is 0 Å². The molecule has 1 amide bonds. The molecular weight excluding hydrogens is 438 g/mol. The second-order valence-electron chi connectivity index (χ2n) is 8.73. The van der Waals surface area contributed by atoms with Crippen molar-refractivity contribution >= 4 is 16.9 Å². The Morgan fingerprint density at radius 1 is 1.00 bits per heavy atom. The van der Waals surface area contributed by atoms with Crippen LogP contribution in [0.15, 0.2) is 66.7 Å². The first-order chi connectivity index (χ1) is 17.0. The van der Waals surface area contributed by atoms with E-state index >= 15 is 0 Å². The number of nitrogens with zero attached hydrogens (tertiary/aromatic N) is 2. The lowest BCUT2D eigenvalue weighted by Crippen LogP contribution is -2.26. The summed E-state index contributed by atoms with van der Waals surface area (Å²) in [6, 6.07) is 21.6. The Hall–Kier alpha value is -3.80. The zero-order chi connectivity index (χ0) is 24.6. The number of nitrogens with one attached hydrogen (secondary N) is 1. The predicted octanol–water partition coefficient (Wildman–Crippen LogP) is 5.49. The molecule has 0 radical (unpaired) electrons. The highest BCUT2D eigenvalue weighted by molar-refractivity contribution is 5.94. The summed E-state index contributed by atoms with van der Waals surface area (Å²) >= 11 is 0. The number of carbonyl (C=O) groups excluding carboxylic acids is 1. The molecule has 6 nitrogen and oxygen atoms in total. The van der Waals surface area contributed by atoms with Gasteiger partial charge >= 0.3 is 0 Å². The molecule has 0 aliphatic rings. The number of rotatable bonds is 11.